The van der Waals surface area contributed by atoms with Crippen LogP contribution in [0.4, 0.5) is 0 Å². The van der Waals surface area contributed by atoms with Crippen molar-refractivity contribution >= 4 is 17.9 Å². The van der Waals surface area contributed by atoms with Crippen molar-refractivity contribution in [2.24, 2.45) is 5.73 Å². The second kappa shape index (κ2) is 4.13. The Labute approximate surface area is 75.1 Å². The average Bonchev–Trinajstić information content (AvgIpc) is 2.06. The molecule has 64 valence electrons. The number of rotatable bonds is 3. The molecule has 0 spiro atoms. The minimum Gasteiger partial charge on any atom is -0.366 e. The van der Waals surface area contributed by atoms with Crippen molar-refractivity contribution in [3.8, 4) is 0 Å². The van der Waals surface area contributed by atoms with E-state index in [1.807, 2.05) is 0 Å². The van der Waals surface area contributed by atoms with E-state index < -0.39 is 5.91 Å². The number of carbonyl (C=O) groups excluding carboxylic acids is 1. The van der Waals surface area contributed by atoms with E-state index in [-0.39, 0.29) is 0 Å². The van der Waals surface area contributed by atoms with Crippen molar-refractivity contribution in [1.82, 2.24) is 0 Å². The third kappa shape index (κ3) is 2.25. The van der Waals surface area contributed by atoms with Crippen molar-refractivity contribution in [3.63, 3.8) is 0 Å². The zero-order valence-electron chi connectivity index (χ0n) is 6.61. The number of nitrogens with two attached hydrogens (primary N) is 1. The van der Waals surface area contributed by atoms with E-state index in [2.05, 4.69) is 0 Å². The summed E-state index contributed by atoms with van der Waals surface area (Å²) >= 11 is 1.24. The van der Waals surface area contributed by atoms with Crippen molar-refractivity contribution in [2.45, 2.75) is 4.90 Å². The Morgan fingerprint density at radius 3 is 2.42 bits per heavy atom. The van der Waals surface area contributed by atoms with Gasteiger partial charge in [-0.2, -0.15) is 0 Å². The molecule has 0 aliphatic heterocycles. The Balaban J connectivity index is 2.78. The molecule has 0 fully saturated rings. The third-order valence-electron chi connectivity index (χ3n) is 1.32. The van der Waals surface area contributed by atoms with Crippen LogP contribution in [0.3, 0.4) is 0 Å². The number of primary amides is 1. The zero-order chi connectivity index (χ0) is 8.97. The van der Waals surface area contributed by atoms with Gasteiger partial charge in [-0.15, -0.1) is 0 Å². The highest BCUT2D eigenvalue weighted by atomic mass is 32.2. The Morgan fingerprint density at radius 2 is 2.00 bits per heavy atom. The van der Waals surface area contributed by atoms with Gasteiger partial charge in [0.25, 0.3) is 0 Å². The molecule has 1 amide bonds. The lowest BCUT2D eigenvalue weighted by atomic mass is 10.2. The number of hydrogen-bond acceptors (Lipinski definition) is 3. The molecule has 0 atom stereocenters. The maximum atomic E-state index is 10.7. The van der Waals surface area contributed by atoms with E-state index in [1.165, 1.54) is 12.0 Å². The van der Waals surface area contributed by atoms with Crippen molar-refractivity contribution in [3.05, 3.63) is 29.8 Å². The summed E-state index contributed by atoms with van der Waals surface area (Å²) in [5.74, 6) is -0.413. The Morgan fingerprint density at radius 1 is 1.42 bits per heavy atom. The van der Waals surface area contributed by atoms with Gasteiger partial charge in [-0.1, -0.05) is 0 Å². The van der Waals surface area contributed by atoms with E-state index in [0.29, 0.717) is 5.56 Å². The molecule has 0 aliphatic carbocycles. The highest BCUT2D eigenvalue weighted by Gasteiger charge is 1.99. The van der Waals surface area contributed by atoms with Gasteiger partial charge in [0.15, 0.2) is 0 Å². The molecule has 0 heterocycles. The standard InChI is InChI=1S/C8H9NO2S/c1-11-12-7-4-2-6(3-5-7)8(9)10/h2-5H,1H3,(H2,9,10). The third-order valence-corrected chi connectivity index (χ3v) is 1.95. The zero-order valence-corrected chi connectivity index (χ0v) is 7.43. The Bertz CT molecular complexity index is 271. The normalized spacial score (nSPS) is 9.75. The summed E-state index contributed by atoms with van der Waals surface area (Å²) in [5, 5.41) is 0. The number of benzene rings is 1. The molecule has 0 bridgehead atoms. The Hall–Kier alpha value is -1.00. The first kappa shape index (κ1) is 9.09. The summed E-state index contributed by atoms with van der Waals surface area (Å²) in [7, 11) is 1.59. The summed E-state index contributed by atoms with van der Waals surface area (Å²) in [4.78, 5) is 11.6. The fourth-order valence-electron chi connectivity index (χ4n) is 0.771. The second-order valence-electron chi connectivity index (χ2n) is 2.14. The van der Waals surface area contributed by atoms with Crippen LogP contribution in [0, 0.1) is 0 Å². The molecule has 0 saturated carbocycles. The first-order chi connectivity index (χ1) is 5.74. The number of amides is 1. The van der Waals surface area contributed by atoms with Crippen molar-refractivity contribution < 1.29 is 8.98 Å². The average molecular weight is 183 g/mol. The second-order valence-corrected chi connectivity index (χ2v) is 3.11. The molecule has 4 heteroatoms. The van der Waals surface area contributed by atoms with E-state index in [9.17, 15) is 4.79 Å². The van der Waals surface area contributed by atoms with Crippen molar-refractivity contribution in [2.75, 3.05) is 7.11 Å². The van der Waals surface area contributed by atoms with Crippen LogP contribution in [0.5, 0.6) is 0 Å². The van der Waals surface area contributed by atoms with Crippen LogP contribution >= 0.6 is 12.0 Å². The predicted octanol–water partition coefficient (Wildman–Crippen LogP) is 1.44. The van der Waals surface area contributed by atoms with Crippen LogP contribution in [-0.2, 0) is 4.18 Å². The molecule has 2 N–H and O–H groups in total. The van der Waals surface area contributed by atoms with Gasteiger partial charge in [0.2, 0.25) is 5.91 Å². The Kier molecular flexibility index (Phi) is 3.13. The summed E-state index contributed by atoms with van der Waals surface area (Å²) in [6.45, 7) is 0. The fraction of sp³-hybridized carbons (Fsp3) is 0.125. The molecule has 1 rings (SSSR count). The molecule has 0 aromatic heterocycles. The van der Waals surface area contributed by atoms with Gasteiger partial charge in [-0.3, -0.25) is 4.79 Å². The van der Waals surface area contributed by atoms with Gasteiger partial charge in [-0.05, 0) is 24.3 Å². The molecule has 12 heavy (non-hydrogen) atoms. The van der Waals surface area contributed by atoms with Gasteiger partial charge in [-0.25, -0.2) is 0 Å². The van der Waals surface area contributed by atoms with E-state index >= 15 is 0 Å². The lowest BCUT2D eigenvalue weighted by molar-refractivity contribution is 0.1000. The molecular formula is C8H9NO2S. The van der Waals surface area contributed by atoms with Gasteiger partial charge < -0.3 is 9.92 Å². The molecule has 0 unspecified atom stereocenters. The lowest BCUT2D eigenvalue weighted by Crippen LogP contribution is -2.10. The summed E-state index contributed by atoms with van der Waals surface area (Å²) < 4.78 is 4.83. The van der Waals surface area contributed by atoms with Gasteiger partial charge >= 0.3 is 0 Å². The maximum Gasteiger partial charge on any atom is 0.248 e. The van der Waals surface area contributed by atoms with Gasteiger partial charge in [0, 0.05) is 22.5 Å². The van der Waals surface area contributed by atoms with Crippen LogP contribution in [0.2, 0.25) is 0 Å². The molecular weight excluding hydrogens is 174 g/mol. The SMILES string of the molecule is COSc1ccc(C(N)=O)cc1. The molecule has 0 radical (unpaired) electrons. The molecule has 0 aliphatic rings. The number of hydrogen-bond donors (Lipinski definition) is 1. The number of carbonyl (C=O) groups is 1. The van der Waals surface area contributed by atoms with Crippen LogP contribution in [0.15, 0.2) is 29.2 Å². The van der Waals surface area contributed by atoms with E-state index in [1.54, 1.807) is 31.4 Å². The van der Waals surface area contributed by atoms with E-state index in [0.717, 1.165) is 4.90 Å². The van der Waals surface area contributed by atoms with E-state index in [4.69, 9.17) is 9.92 Å². The fourth-order valence-corrected chi connectivity index (χ4v) is 1.21. The topological polar surface area (TPSA) is 52.3 Å². The van der Waals surface area contributed by atoms with Crippen LogP contribution in [0.1, 0.15) is 10.4 Å². The van der Waals surface area contributed by atoms with Crippen LogP contribution < -0.4 is 5.73 Å². The van der Waals surface area contributed by atoms with Crippen LogP contribution in [0.25, 0.3) is 0 Å². The summed E-state index contributed by atoms with van der Waals surface area (Å²) in [5.41, 5.74) is 5.57. The summed E-state index contributed by atoms with van der Waals surface area (Å²) in [6, 6.07) is 6.91. The smallest absolute Gasteiger partial charge is 0.248 e. The molecule has 1 aromatic carbocycles. The molecule has 1 aromatic rings. The van der Waals surface area contributed by atoms with Crippen molar-refractivity contribution in [1.29, 1.82) is 0 Å². The maximum absolute atomic E-state index is 10.7. The monoisotopic (exact) mass is 183 g/mol. The summed E-state index contributed by atoms with van der Waals surface area (Å²) in [6.07, 6.45) is 0. The minimum absolute atomic E-state index is 0.413. The first-order valence-corrected chi connectivity index (χ1v) is 4.08. The van der Waals surface area contributed by atoms with Gasteiger partial charge in [0.05, 0.1) is 7.11 Å². The minimum atomic E-state index is -0.413. The van der Waals surface area contributed by atoms with Crippen LogP contribution in [-0.4, -0.2) is 13.0 Å². The first-order valence-electron chi connectivity index (χ1n) is 3.34. The molecule has 0 saturated heterocycles. The van der Waals surface area contributed by atoms with Gasteiger partial charge in [0.1, 0.15) is 0 Å². The highest BCUT2D eigenvalue weighted by Crippen LogP contribution is 2.17. The highest BCUT2D eigenvalue weighted by molar-refractivity contribution is 7.94. The largest absolute Gasteiger partial charge is 0.366 e. The predicted molar refractivity (Wildman–Crippen MR) is 47.8 cm³/mol. The quantitative estimate of drug-likeness (QED) is 0.721. The molecule has 3 nitrogen and oxygen atoms in total. The lowest BCUT2D eigenvalue weighted by Gasteiger charge is -1.98.